The minimum Gasteiger partial charge on any atom is -0.375 e. The summed E-state index contributed by atoms with van der Waals surface area (Å²) in [5, 5.41) is 0.608. The lowest BCUT2D eigenvalue weighted by Gasteiger charge is -2.40. The van der Waals surface area contributed by atoms with Gasteiger partial charge >= 0.3 is 0 Å². The van der Waals surface area contributed by atoms with Gasteiger partial charge in [0.05, 0.1) is 0 Å². The van der Waals surface area contributed by atoms with Crippen molar-refractivity contribution in [2.45, 2.75) is 5.66 Å². The molecule has 1 atom stereocenters. The zero-order valence-electron chi connectivity index (χ0n) is 13.7. The molecule has 0 saturated carbocycles. The molecule has 1 fully saturated rings. The van der Waals surface area contributed by atoms with Crippen LogP contribution in [0.1, 0.15) is 21.5 Å². The van der Waals surface area contributed by atoms with Crippen molar-refractivity contribution in [3.8, 4) is 0 Å². The predicted octanol–water partition coefficient (Wildman–Crippen LogP) is 2.49. The second-order valence-corrected chi connectivity index (χ2v) is 6.60. The van der Waals surface area contributed by atoms with Crippen LogP contribution >= 0.6 is 11.6 Å². The van der Waals surface area contributed by atoms with Crippen LogP contribution in [-0.4, -0.2) is 48.4 Å². The molecule has 0 aromatic heterocycles. The Bertz CT molecular complexity index is 852. The Labute approximate surface area is 150 Å². The molecule has 1 unspecified atom stereocenters. The van der Waals surface area contributed by atoms with Gasteiger partial charge in [-0.1, -0.05) is 41.9 Å². The highest BCUT2D eigenvalue weighted by Gasteiger charge is 2.59. The van der Waals surface area contributed by atoms with E-state index in [9.17, 15) is 9.59 Å². The van der Waals surface area contributed by atoms with E-state index in [1.54, 1.807) is 21.9 Å². The maximum atomic E-state index is 13.0. The van der Waals surface area contributed by atoms with E-state index < -0.39 is 5.66 Å². The monoisotopic (exact) mass is 356 g/mol. The molecule has 2 aromatic carbocycles. The summed E-state index contributed by atoms with van der Waals surface area (Å²) in [7, 11) is 1.49. The van der Waals surface area contributed by atoms with Crippen LogP contribution in [0.25, 0.3) is 0 Å². The summed E-state index contributed by atoms with van der Waals surface area (Å²) >= 11 is 6.06. The average molecular weight is 357 g/mol. The van der Waals surface area contributed by atoms with Crippen molar-refractivity contribution >= 4 is 23.4 Å². The molecule has 25 heavy (non-hydrogen) atoms. The number of rotatable bonds is 3. The van der Waals surface area contributed by atoms with E-state index in [4.69, 9.17) is 16.3 Å². The number of methoxy groups -OCH3 is 1. The van der Waals surface area contributed by atoms with Crippen LogP contribution in [-0.2, 0) is 15.2 Å². The second-order valence-electron chi connectivity index (χ2n) is 6.16. The fourth-order valence-corrected chi connectivity index (χ4v) is 4.11. The van der Waals surface area contributed by atoms with Gasteiger partial charge in [-0.2, -0.15) is 0 Å². The third-order valence-electron chi connectivity index (χ3n) is 4.92. The lowest BCUT2D eigenvalue weighted by atomic mass is 9.90. The first-order valence-corrected chi connectivity index (χ1v) is 8.45. The molecule has 6 heteroatoms. The summed E-state index contributed by atoms with van der Waals surface area (Å²) in [4.78, 5) is 29.3. The maximum Gasteiger partial charge on any atom is 0.256 e. The first-order chi connectivity index (χ1) is 12.1. The van der Waals surface area contributed by atoms with Crippen LogP contribution in [0.5, 0.6) is 0 Å². The molecule has 2 amide bonds. The molecule has 0 bridgehead atoms. The van der Waals surface area contributed by atoms with Gasteiger partial charge in [-0.25, -0.2) is 0 Å². The first-order valence-electron chi connectivity index (χ1n) is 8.07. The van der Waals surface area contributed by atoms with E-state index >= 15 is 0 Å². The zero-order valence-corrected chi connectivity index (χ0v) is 14.5. The molecule has 128 valence electrons. The molecule has 2 aliphatic rings. The Hall–Kier alpha value is -2.37. The molecule has 2 heterocycles. The first kappa shape index (κ1) is 16.1. The zero-order chi connectivity index (χ0) is 17.6. The summed E-state index contributed by atoms with van der Waals surface area (Å²) in [5.41, 5.74) is 1.36. The van der Waals surface area contributed by atoms with Gasteiger partial charge in [0.25, 0.3) is 11.8 Å². The number of ether oxygens (including phenoxy) is 1. The Morgan fingerprint density at radius 1 is 1.16 bits per heavy atom. The molecule has 0 spiro atoms. The third kappa shape index (κ3) is 2.12. The lowest BCUT2D eigenvalue weighted by Crippen LogP contribution is -2.52. The predicted molar refractivity (Wildman–Crippen MR) is 93.3 cm³/mol. The van der Waals surface area contributed by atoms with E-state index in [0.717, 1.165) is 11.1 Å². The number of hydrogen-bond donors (Lipinski definition) is 0. The van der Waals surface area contributed by atoms with Gasteiger partial charge in [0, 0.05) is 41.9 Å². The number of carbonyl (C=O) groups is 2. The van der Waals surface area contributed by atoms with E-state index in [1.165, 1.54) is 7.11 Å². The molecular weight excluding hydrogens is 340 g/mol. The van der Waals surface area contributed by atoms with E-state index in [0.29, 0.717) is 23.7 Å². The number of carbonyl (C=O) groups excluding carboxylic acids is 2. The van der Waals surface area contributed by atoms with Crippen molar-refractivity contribution in [2.24, 2.45) is 0 Å². The molecule has 2 aliphatic heterocycles. The summed E-state index contributed by atoms with van der Waals surface area (Å²) in [6.45, 7) is 0.913. The van der Waals surface area contributed by atoms with Crippen molar-refractivity contribution < 1.29 is 14.3 Å². The average Bonchev–Trinajstić information content (AvgIpc) is 3.12. The van der Waals surface area contributed by atoms with Crippen molar-refractivity contribution in [3.05, 3.63) is 70.2 Å². The maximum absolute atomic E-state index is 13.0. The number of hydrogen-bond acceptors (Lipinski definition) is 3. The van der Waals surface area contributed by atoms with E-state index in [1.807, 2.05) is 36.4 Å². The summed E-state index contributed by atoms with van der Waals surface area (Å²) < 4.78 is 5.06. The van der Waals surface area contributed by atoms with Crippen LogP contribution in [0.2, 0.25) is 5.02 Å². The fourth-order valence-electron chi connectivity index (χ4n) is 3.98. The van der Waals surface area contributed by atoms with Gasteiger partial charge in [-0.15, -0.1) is 0 Å². The van der Waals surface area contributed by atoms with E-state index in [2.05, 4.69) is 0 Å². The largest absolute Gasteiger partial charge is 0.375 e. The Balaban J connectivity index is 1.98. The van der Waals surface area contributed by atoms with Crippen LogP contribution in [0.4, 0.5) is 0 Å². The molecular formula is C19H17ClN2O3. The Morgan fingerprint density at radius 2 is 1.88 bits per heavy atom. The minimum atomic E-state index is -0.937. The summed E-state index contributed by atoms with van der Waals surface area (Å²) in [5.74, 6) is -0.206. The van der Waals surface area contributed by atoms with Gasteiger partial charge in [0.1, 0.15) is 6.61 Å². The lowest BCUT2D eigenvalue weighted by molar-refractivity contribution is -0.140. The van der Waals surface area contributed by atoms with Crippen molar-refractivity contribution in [2.75, 3.05) is 26.8 Å². The van der Waals surface area contributed by atoms with Gasteiger partial charge in [0.15, 0.2) is 5.66 Å². The highest BCUT2D eigenvalue weighted by molar-refractivity contribution is 6.30. The minimum absolute atomic E-state index is 0.0282. The van der Waals surface area contributed by atoms with Crippen LogP contribution in [0.15, 0.2) is 48.5 Å². The van der Waals surface area contributed by atoms with E-state index in [-0.39, 0.29) is 18.4 Å². The quantitative estimate of drug-likeness (QED) is 0.849. The standard InChI is InChI=1S/C19H17ClN2O3/c1-25-12-17(23)21-10-11-22-18(24)15-4-2-3-5-16(15)19(21,22)13-6-8-14(20)9-7-13/h2-9H,10-12H2,1H3. The van der Waals surface area contributed by atoms with Crippen molar-refractivity contribution in [3.63, 3.8) is 0 Å². The fraction of sp³-hybridized carbons (Fsp3) is 0.263. The highest BCUT2D eigenvalue weighted by Crippen LogP contribution is 2.49. The SMILES string of the molecule is COCC(=O)N1CCN2C(=O)c3ccccc3C12c1ccc(Cl)cc1. The summed E-state index contributed by atoms with van der Waals surface area (Å²) in [6, 6.07) is 14.8. The molecule has 0 N–H and O–H groups in total. The number of nitrogens with zero attached hydrogens (tertiary/aromatic N) is 2. The molecule has 4 rings (SSSR count). The van der Waals surface area contributed by atoms with Crippen molar-refractivity contribution in [1.29, 1.82) is 0 Å². The smallest absolute Gasteiger partial charge is 0.256 e. The summed E-state index contributed by atoms with van der Waals surface area (Å²) in [6.07, 6.45) is 0. The molecule has 0 radical (unpaired) electrons. The van der Waals surface area contributed by atoms with Crippen LogP contribution in [0, 0.1) is 0 Å². The molecule has 2 aromatic rings. The van der Waals surface area contributed by atoms with Crippen molar-refractivity contribution in [1.82, 2.24) is 9.80 Å². The third-order valence-corrected chi connectivity index (χ3v) is 5.17. The molecule has 0 aliphatic carbocycles. The van der Waals surface area contributed by atoms with Gasteiger partial charge in [0.2, 0.25) is 0 Å². The Kier molecular flexibility index (Phi) is 3.78. The molecule has 5 nitrogen and oxygen atoms in total. The number of fused-ring (bicyclic) bond motifs is 3. The number of halogens is 1. The number of amides is 2. The van der Waals surface area contributed by atoms with Gasteiger partial charge in [-0.05, 0) is 18.2 Å². The topological polar surface area (TPSA) is 49.9 Å². The highest BCUT2D eigenvalue weighted by atomic mass is 35.5. The van der Waals surface area contributed by atoms with Gasteiger partial charge in [-0.3, -0.25) is 9.59 Å². The second kappa shape index (κ2) is 5.86. The van der Waals surface area contributed by atoms with Gasteiger partial charge < -0.3 is 14.5 Å². The molecule has 1 saturated heterocycles. The van der Waals surface area contributed by atoms with Crippen LogP contribution in [0.3, 0.4) is 0 Å². The van der Waals surface area contributed by atoms with Crippen LogP contribution < -0.4 is 0 Å². The number of benzene rings is 2. The Morgan fingerprint density at radius 3 is 2.60 bits per heavy atom. The normalized spacial score (nSPS) is 21.4.